The van der Waals surface area contributed by atoms with Crippen LogP contribution in [0.15, 0.2) is 30.3 Å². The van der Waals surface area contributed by atoms with Crippen molar-refractivity contribution in [1.29, 1.82) is 0 Å². The third kappa shape index (κ3) is 2.44. The zero-order valence-electron chi connectivity index (χ0n) is 8.27. The first-order valence-electron chi connectivity index (χ1n) is 4.83. The van der Waals surface area contributed by atoms with E-state index in [0.717, 1.165) is 0 Å². The van der Waals surface area contributed by atoms with E-state index in [1.807, 2.05) is 12.2 Å². The van der Waals surface area contributed by atoms with Gasteiger partial charge in [-0.25, -0.2) is 0 Å². The second kappa shape index (κ2) is 4.40. The molecule has 0 saturated carbocycles. The Morgan fingerprint density at radius 3 is 2.43 bits per heavy atom. The van der Waals surface area contributed by atoms with Crippen molar-refractivity contribution in [2.75, 3.05) is 13.2 Å². The summed E-state index contributed by atoms with van der Waals surface area (Å²) in [5.41, 5.74) is 2.45. The topological polar surface area (TPSA) is 18.5 Å². The molecule has 1 aliphatic heterocycles. The van der Waals surface area contributed by atoms with Crippen LogP contribution in [0.2, 0.25) is 0 Å². The molecule has 0 N–H and O–H groups in total. The molecular formula is C12H14O2. The van der Waals surface area contributed by atoms with Gasteiger partial charge in [0.1, 0.15) is 0 Å². The highest BCUT2D eigenvalue weighted by atomic mass is 16.7. The van der Waals surface area contributed by atoms with Gasteiger partial charge in [-0.1, -0.05) is 35.9 Å². The number of rotatable bonds is 2. The maximum absolute atomic E-state index is 5.29. The molecule has 2 heteroatoms. The van der Waals surface area contributed by atoms with E-state index in [2.05, 4.69) is 31.2 Å². The lowest BCUT2D eigenvalue weighted by Crippen LogP contribution is -2.01. The highest BCUT2D eigenvalue weighted by Crippen LogP contribution is 2.09. The van der Waals surface area contributed by atoms with E-state index in [0.29, 0.717) is 13.2 Å². The lowest BCUT2D eigenvalue weighted by Gasteiger charge is -2.01. The second-order valence-electron chi connectivity index (χ2n) is 3.38. The molecule has 0 spiro atoms. The number of benzene rings is 1. The van der Waals surface area contributed by atoms with E-state index in [9.17, 15) is 0 Å². The molecular weight excluding hydrogens is 176 g/mol. The van der Waals surface area contributed by atoms with Crippen molar-refractivity contribution in [1.82, 2.24) is 0 Å². The first-order chi connectivity index (χ1) is 6.84. The SMILES string of the molecule is Cc1ccc(C=CC2OCCO2)cc1. The van der Waals surface area contributed by atoms with E-state index in [-0.39, 0.29) is 6.29 Å². The summed E-state index contributed by atoms with van der Waals surface area (Å²) in [7, 11) is 0. The molecule has 1 fully saturated rings. The van der Waals surface area contributed by atoms with Gasteiger partial charge in [0.05, 0.1) is 13.2 Å². The van der Waals surface area contributed by atoms with Crippen LogP contribution in [0.4, 0.5) is 0 Å². The highest BCUT2D eigenvalue weighted by molar-refractivity contribution is 5.49. The molecule has 0 atom stereocenters. The van der Waals surface area contributed by atoms with Crippen molar-refractivity contribution in [3.63, 3.8) is 0 Å². The molecule has 1 aromatic carbocycles. The van der Waals surface area contributed by atoms with Gasteiger partial charge in [-0.15, -0.1) is 0 Å². The summed E-state index contributed by atoms with van der Waals surface area (Å²) in [5.74, 6) is 0. The van der Waals surface area contributed by atoms with Crippen LogP contribution >= 0.6 is 0 Å². The van der Waals surface area contributed by atoms with Gasteiger partial charge in [0.2, 0.25) is 0 Å². The monoisotopic (exact) mass is 190 g/mol. The lowest BCUT2D eigenvalue weighted by atomic mass is 10.1. The normalized spacial score (nSPS) is 18.1. The lowest BCUT2D eigenvalue weighted by molar-refractivity contribution is -0.000907. The predicted molar refractivity (Wildman–Crippen MR) is 55.9 cm³/mol. The summed E-state index contributed by atoms with van der Waals surface area (Å²) >= 11 is 0. The number of hydrogen-bond acceptors (Lipinski definition) is 2. The van der Waals surface area contributed by atoms with Crippen molar-refractivity contribution >= 4 is 6.08 Å². The van der Waals surface area contributed by atoms with E-state index in [1.165, 1.54) is 11.1 Å². The number of hydrogen-bond donors (Lipinski definition) is 0. The summed E-state index contributed by atoms with van der Waals surface area (Å²) in [6, 6.07) is 8.35. The van der Waals surface area contributed by atoms with Crippen LogP contribution in [0.1, 0.15) is 11.1 Å². The van der Waals surface area contributed by atoms with Crippen LogP contribution < -0.4 is 0 Å². The van der Waals surface area contributed by atoms with Crippen molar-refractivity contribution in [3.8, 4) is 0 Å². The molecule has 0 radical (unpaired) electrons. The van der Waals surface area contributed by atoms with Crippen LogP contribution in [-0.2, 0) is 9.47 Å². The molecule has 0 amide bonds. The minimum absolute atomic E-state index is 0.156. The van der Waals surface area contributed by atoms with Crippen molar-refractivity contribution in [2.45, 2.75) is 13.2 Å². The Morgan fingerprint density at radius 1 is 1.14 bits per heavy atom. The van der Waals surface area contributed by atoms with Crippen LogP contribution in [0.5, 0.6) is 0 Å². The van der Waals surface area contributed by atoms with Gasteiger partial charge in [-0.05, 0) is 18.6 Å². The summed E-state index contributed by atoms with van der Waals surface area (Å²) in [6.07, 6.45) is 3.81. The molecule has 1 saturated heterocycles. The molecule has 2 nitrogen and oxygen atoms in total. The zero-order valence-corrected chi connectivity index (χ0v) is 8.27. The minimum atomic E-state index is -0.156. The molecule has 0 aliphatic carbocycles. The molecule has 0 aromatic heterocycles. The third-order valence-electron chi connectivity index (χ3n) is 2.17. The Morgan fingerprint density at radius 2 is 1.79 bits per heavy atom. The summed E-state index contributed by atoms with van der Waals surface area (Å²) in [6.45, 7) is 3.47. The van der Waals surface area contributed by atoms with Crippen LogP contribution in [0.3, 0.4) is 0 Å². The quantitative estimate of drug-likeness (QED) is 0.712. The Bertz CT molecular complexity index is 308. The van der Waals surface area contributed by atoms with Gasteiger partial charge in [-0.3, -0.25) is 0 Å². The standard InChI is InChI=1S/C12H14O2/c1-10-2-4-11(5-3-10)6-7-12-13-8-9-14-12/h2-7,12H,8-9H2,1H3. The molecule has 0 bridgehead atoms. The fourth-order valence-electron chi connectivity index (χ4n) is 1.35. The Hall–Kier alpha value is -1.12. The minimum Gasteiger partial charge on any atom is -0.347 e. The Labute approximate surface area is 84.2 Å². The van der Waals surface area contributed by atoms with Crippen LogP contribution in [-0.4, -0.2) is 19.5 Å². The summed E-state index contributed by atoms with van der Waals surface area (Å²) < 4.78 is 10.6. The third-order valence-corrected chi connectivity index (χ3v) is 2.17. The van der Waals surface area contributed by atoms with Gasteiger partial charge in [0, 0.05) is 0 Å². The first-order valence-corrected chi connectivity index (χ1v) is 4.83. The van der Waals surface area contributed by atoms with Crippen LogP contribution in [0, 0.1) is 6.92 Å². The summed E-state index contributed by atoms with van der Waals surface area (Å²) in [5, 5.41) is 0. The average molecular weight is 190 g/mol. The molecule has 1 aromatic rings. The van der Waals surface area contributed by atoms with E-state index in [1.54, 1.807) is 0 Å². The molecule has 0 unspecified atom stereocenters. The van der Waals surface area contributed by atoms with E-state index >= 15 is 0 Å². The van der Waals surface area contributed by atoms with Gasteiger partial charge in [-0.2, -0.15) is 0 Å². The Balaban J connectivity index is 1.99. The predicted octanol–water partition coefficient (Wildman–Crippen LogP) is 2.38. The first kappa shape index (κ1) is 9.44. The number of aryl methyl sites for hydroxylation is 1. The van der Waals surface area contributed by atoms with Gasteiger partial charge in [0.15, 0.2) is 6.29 Å². The molecule has 14 heavy (non-hydrogen) atoms. The van der Waals surface area contributed by atoms with Crippen LogP contribution in [0.25, 0.3) is 6.08 Å². The maximum atomic E-state index is 5.29. The Kier molecular flexibility index (Phi) is 2.96. The molecule has 1 heterocycles. The fourth-order valence-corrected chi connectivity index (χ4v) is 1.35. The maximum Gasteiger partial charge on any atom is 0.177 e. The molecule has 2 rings (SSSR count). The fraction of sp³-hybridized carbons (Fsp3) is 0.333. The van der Waals surface area contributed by atoms with Crippen molar-refractivity contribution < 1.29 is 9.47 Å². The second-order valence-corrected chi connectivity index (χ2v) is 3.38. The summed E-state index contributed by atoms with van der Waals surface area (Å²) in [4.78, 5) is 0. The van der Waals surface area contributed by atoms with E-state index < -0.39 is 0 Å². The van der Waals surface area contributed by atoms with Crippen molar-refractivity contribution in [3.05, 3.63) is 41.5 Å². The molecule has 74 valence electrons. The highest BCUT2D eigenvalue weighted by Gasteiger charge is 2.11. The average Bonchev–Trinajstić information content (AvgIpc) is 2.70. The van der Waals surface area contributed by atoms with Gasteiger partial charge in [0.25, 0.3) is 0 Å². The van der Waals surface area contributed by atoms with Gasteiger partial charge >= 0.3 is 0 Å². The van der Waals surface area contributed by atoms with E-state index in [4.69, 9.17) is 9.47 Å². The molecule has 1 aliphatic rings. The smallest absolute Gasteiger partial charge is 0.177 e. The zero-order chi connectivity index (χ0) is 9.80. The van der Waals surface area contributed by atoms with Gasteiger partial charge < -0.3 is 9.47 Å². The van der Waals surface area contributed by atoms with Crippen molar-refractivity contribution in [2.24, 2.45) is 0 Å². The largest absolute Gasteiger partial charge is 0.347 e. The number of ether oxygens (including phenoxy) is 2.